The number of benzene rings is 1. The summed E-state index contributed by atoms with van der Waals surface area (Å²) in [6.07, 6.45) is 0.610. The van der Waals surface area contributed by atoms with Gasteiger partial charge in [-0.3, -0.25) is 0 Å². The maximum absolute atomic E-state index is 12.3. The molecule has 1 aromatic carbocycles. The summed E-state index contributed by atoms with van der Waals surface area (Å²) in [5.74, 6) is 1.14. The molecule has 0 heterocycles. The molecule has 0 aliphatic rings. The van der Waals surface area contributed by atoms with Crippen molar-refractivity contribution in [2.75, 3.05) is 12.3 Å². The second-order valence-electron chi connectivity index (χ2n) is 3.99. The van der Waals surface area contributed by atoms with E-state index < -0.39 is 0 Å². The molecule has 1 nitrogen and oxygen atoms in total. The van der Waals surface area contributed by atoms with Crippen LogP contribution in [0, 0.1) is 0 Å². The lowest BCUT2D eigenvalue weighted by Gasteiger charge is -2.08. The van der Waals surface area contributed by atoms with Crippen molar-refractivity contribution in [3.05, 3.63) is 41.7 Å². The molecule has 16 heavy (non-hydrogen) atoms. The summed E-state index contributed by atoms with van der Waals surface area (Å²) in [6, 6.07) is 8.35. The van der Waals surface area contributed by atoms with Gasteiger partial charge in [-0.1, -0.05) is 26.0 Å². The highest BCUT2D eigenvalue weighted by Gasteiger charge is 2.02. The standard InChI is InChI=1S/C13H18FNS/c1-10(2)12-4-3-5-13(6-12)16-9-11(7-14)8-15/h3-7,10H,8-9,15H2,1-2H3/b11-7+. The van der Waals surface area contributed by atoms with E-state index in [-0.39, 0.29) is 6.54 Å². The van der Waals surface area contributed by atoms with Gasteiger partial charge >= 0.3 is 0 Å². The second kappa shape index (κ2) is 6.71. The molecule has 0 aromatic heterocycles. The SMILES string of the molecule is CC(C)c1cccc(SC/C(=C/F)CN)c1. The summed E-state index contributed by atoms with van der Waals surface area (Å²) < 4.78 is 12.3. The Morgan fingerprint density at radius 2 is 2.25 bits per heavy atom. The van der Waals surface area contributed by atoms with E-state index in [2.05, 4.69) is 26.0 Å². The summed E-state index contributed by atoms with van der Waals surface area (Å²) in [4.78, 5) is 1.17. The van der Waals surface area contributed by atoms with Crippen LogP contribution in [0.25, 0.3) is 0 Å². The molecular weight excluding hydrogens is 221 g/mol. The molecule has 88 valence electrons. The zero-order valence-electron chi connectivity index (χ0n) is 9.74. The average Bonchev–Trinajstić information content (AvgIpc) is 2.31. The molecule has 0 atom stereocenters. The van der Waals surface area contributed by atoms with Crippen LogP contribution in [0.2, 0.25) is 0 Å². The van der Waals surface area contributed by atoms with Crippen LogP contribution in [0.5, 0.6) is 0 Å². The van der Waals surface area contributed by atoms with Crippen LogP contribution in [-0.4, -0.2) is 12.3 Å². The van der Waals surface area contributed by atoms with E-state index in [0.717, 1.165) is 0 Å². The monoisotopic (exact) mass is 239 g/mol. The van der Waals surface area contributed by atoms with Crippen LogP contribution in [0.15, 0.2) is 41.1 Å². The van der Waals surface area contributed by atoms with Crippen molar-refractivity contribution in [2.24, 2.45) is 5.73 Å². The normalized spacial score (nSPS) is 12.2. The zero-order valence-corrected chi connectivity index (χ0v) is 10.6. The molecule has 0 aliphatic heterocycles. The third-order valence-electron chi connectivity index (χ3n) is 2.37. The van der Waals surface area contributed by atoms with Gasteiger partial charge in [-0.15, -0.1) is 11.8 Å². The number of thioether (sulfide) groups is 1. The van der Waals surface area contributed by atoms with Crippen LogP contribution >= 0.6 is 11.8 Å². The van der Waals surface area contributed by atoms with Crippen molar-refractivity contribution in [3.63, 3.8) is 0 Å². The van der Waals surface area contributed by atoms with E-state index in [4.69, 9.17) is 5.73 Å². The van der Waals surface area contributed by atoms with Crippen molar-refractivity contribution in [2.45, 2.75) is 24.7 Å². The Morgan fingerprint density at radius 1 is 1.50 bits per heavy atom. The maximum Gasteiger partial charge on any atom is 0.0880 e. The van der Waals surface area contributed by atoms with Crippen molar-refractivity contribution in [1.29, 1.82) is 0 Å². The van der Waals surface area contributed by atoms with Gasteiger partial charge in [-0.2, -0.15) is 0 Å². The molecule has 0 bridgehead atoms. The molecule has 0 aliphatic carbocycles. The highest BCUT2D eigenvalue weighted by atomic mass is 32.2. The van der Waals surface area contributed by atoms with Gasteiger partial charge in [-0.25, -0.2) is 4.39 Å². The Labute approximate surface area is 101 Å². The number of halogens is 1. The minimum atomic E-state index is 0.285. The van der Waals surface area contributed by atoms with Crippen molar-refractivity contribution >= 4 is 11.8 Å². The number of hydrogen-bond donors (Lipinski definition) is 1. The average molecular weight is 239 g/mol. The predicted molar refractivity (Wildman–Crippen MR) is 69.5 cm³/mol. The summed E-state index contributed by atoms with van der Waals surface area (Å²) in [5, 5.41) is 0. The minimum Gasteiger partial charge on any atom is -0.327 e. The Balaban J connectivity index is 2.64. The molecule has 0 unspecified atom stereocenters. The summed E-state index contributed by atoms with van der Waals surface area (Å²) >= 11 is 1.62. The molecule has 0 radical (unpaired) electrons. The van der Waals surface area contributed by atoms with Crippen molar-refractivity contribution < 1.29 is 4.39 Å². The van der Waals surface area contributed by atoms with Gasteiger partial charge in [-0.05, 0) is 29.2 Å². The molecule has 0 fully saturated rings. The Kier molecular flexibility index (Phi) is 5.56. The van der Waals surface area contributed by atoms with Gasteiger partial charge in [0.15, 0.2) is 0 Å². The van der Waals surface area contributed by atoms with E-state index in [0.29, 0.717) is 23.6 Å². The lowest BCUT2D eigenvalue weighted by Crippen LogP contribution is -2.04. The van der Waals surface area contributed by atoms with Crippen molar-refractivity contribution in [1.82, 2.24) is 0 Å². The largest absolute Gasteiger partial charge is 0.327 e. The first-order valence-corrected chi connectivity index (χ1v) is 6.37. The molecule has 1 rings (SSSR count). The zero-order chi connectivity index (χ0) is 12.0. The first-order valence-electron chi connectivity index (χ1n) is 5.38. The van der Waals surface area contributed by atoms with Gasteiger partial charge in [0.05, 0.1) is 6.33 Å². The molecule has 3 heteroatoms. The fourth-order valence-corrected chi connectivity index (χ4v) is 2.20. The second-order valence-corrected chi connectivity index (χ2v) is 5.04. The first-order chi connectivity index (χ1) is 7.67. The highest BCUT2D eigenvalue weighted by Crippen LogP contribution is 2.24. The van der Waals surface area contributed by atoms with Gasteiger partial charge in [0.25, 0.3) is 0 Å². The van der Waals surface area contributed by atoms with Crippen LogP contribution in [-0.2, 0) is 0 Å². The van der Waals surface area contributed by atoms with Crippen molar-refractivity contribution in [3.8, 4) is 0 Å². The van der Waals surface area contributed by atoms with Gasteiger partial charge < -0.3 is 5.73 Å². The maximum atomic E-state index is 12.3. The topological polar surface area (TPSA) is 26.0 Å². The summed E-state index contributed by atoms with van der Waals surface area (Å²) in [6.45, 7) is 4.61. The van der Waals surface area contributed by atoms with Gasteiger partial charge in [0.2, 0.25) is 0 Å². The summed E-state index contributed by atoms with van der Waals surface area (Å²) in [5.41, 5.74) is 7.35. The Morgan fingerprint density at radius 3 is 2.81 bits per heavy atom. The first kappa shape index (κ1) is 13.3. The lowest BCUT2D eigenvalue weighted by molar-refractivity contribution is 0.706. The van der Waals surface area contributed by atoms with E-state index in [1.807, 2.05) is 12.1 Å². The molecule has 0 amide bonds. The lowest BCUT2D eigenvalue weighted by atomic mass is 10.0. The molecule has 1 aromatic rings. The third kappa shape index (κ3) is 3.99. The predicted octanol–water partition coefficient (Wildman–Crippen LogP) is 3.71. The fourth-order valence-electron chi connectivity index (χ4n) is 1.27. The van der Waals surface area contributed by atoms with Crippen LogP contribution in [0.1, 0.15) is 25.3 Å². The van der Waals surface area contributed by atoms with E-state index in [1.54, 1.807) is 11.8 Å². The molecular formula is C13H18FNS. The molecule has 0 saturated heterocycles. The van der Waals surface area contributed by atoms with Gasteiger partial charge in [0.1, 0.15) is 0 Å². The molecule has 0 spiro atoms. The Bertz CT molecular complexity index is 361. The van der Waals surface area contributed by atoms with Crippen LogP contribution in [0.3, 0.4) is 0 Å². The van der Waals surface area contributed by atoms with Gasteiger partial charge in [0, 0.05) is 17.2 Å². The van der Waals surface area contributed by atoms with Crippen LogP contribution < -0.4 is 5.73 Å². The quantitative estimate of drug-likeness (QED) is 0.793. The van der Waals surface area contributed by atoms with E-state index in [1.165, 1.54) is 10.5 Å². The highest BCUT2D eigenvalue weighted by molar-refractivity contribution is 7.99. The van der Waals surface area contributed by atoms with E-state index >= 15 is 0 Å². The number of rotatable bonds is 5. The summed E-state index contributed by atoms with van der Waals surface area (Å²) in [7, 11) is 0. The minimum absolute atomic E-state index is 0.285. The Hall–Kier alpha value is -0.800. The van der Waals surface area contributed by atoms with E-state index in [9.17, 15) is 4.39 Å². The van der Waals surface area contributed by atoms with Crippen LogP contribution in [0.4, 0.5) is 4.39 Å². The number of hydrogen-bond acceptors (Lipinski definition) is 2. The number of nitrogens with two attached hydrogens (primary N) is 1. The smallest absolute Gasteiger partial charge is 0.0880 e. The molecule has 0 saturated carbocycles. The fraction of sp³-hybridized carbons (Fsp3) is 0.385. The third-order valence-corrected chi connectivity index (χ3v) is 3.47. The molecule has 2 N–H and O–H groups in total.